The van der Waals surface area contributed by atoms with E-state index >= 15 is 0 Å². The van der Waals surface area contributed by atoms with E-state index in [1.807, 2.05) is 6.92 Å². The molecule has 0 aliphatic carbocycles. The van der Waals surface area contributed by atoms with Gasteiger partial charge in [-0.05, 0) is 56.4 Å². The lowest BCUT2D eigenvalue weighted by molar-refractivity contribution is -0.155. The fraction of sp³-hybridized carbons (Fsp3) is 0.560. The Hall–Kier alpha value is -2.42. The van der Waals surface area contributed by atoms with Crippen LogP contribution in [0.1, 0.15) is 39.0 Å². The van der Waals surface area contributed by atoms with E-state index < -0.39 is 35.0 Å². The van der Waals surface area contributed by atoms with Crippen molar-refractivity contribution in [2.24, 2.45) is 11.8 Å². The SMILES string of the molecule is C=CCN(C(=O)C1N(CCCCO)C(=O)[C@@H]2[C@@H](C(=O)O)[C@@]3(CC)CCC12O3)c1ccc(Cl)cc1. The molecule has 3 heterocycles. The Balaban J connectivity index is 1.79. The van der Waals surface area contributed by atoms with Crippen molar-refractivity contribution in [3.05, 3.63) is 41.9 Å². The van der Waals surface area contributed by atoms with Gasteiger partial charge >= 0.3 is 5.97 Å². The summed E-state index contributed by atoms with van der Waals surface area (Å²) in [5.74, 6) is -3.67. The van der Waals surface area contributed by atoms with Gasteiger partial charge in [0.15, 0.2) is 0 Å². The van der Waals surface area contributed by atoms with Crippen LogP contribution in [0.4, 0.5) is 5.69 Å². The third-order valence-corrected chi connectivity index (χ3v) is 7.96. The van der Waals surface area contributed by atoms with Crippen LogP contribution in [0.5, 0.6) is 0 Å². The topological polar surface area (TPSA) is 107 Å². The predicted octanol–water partition coefficient (Wildman–Crippen LogP) is 2.87. The molecule has 0 saturated carbocycles. The summed E-state index contributed by atoms with van der Waals surface area (Å²) in [4.78, 5) is 43.3. The lowest BCUT2D eigenvalue weighted by Crippen LogP contribution is -2.56. The number of carboxylic acids is 1. The normalized spacial score (nSPS) is 31.6. The predicted molar refractivity (Wildman–Crippen MR) is 127 cm³/mol. The molecule has 34 heavy (non-hydrogen) atoms. The Bertz CT molecular complexity index is 984. The van der Waals surface area contributed by atoms with E-state index in [0.29, 0.717) is 42.8 Å². The number of anilines is 1. The highest BCUT2D eigenvalue weighted by atomic mass is 35.5. The van der Waals surface area contributed by atoms with Crippen LogP contribution in [0.15, 0.2) is 36.9 Å². The average Bonchev–Trinajstić information content (AvgIpc) is 3.42. The van der Waals surface area contributed by atoms with Crippen LogP contribution in [-0.4, -0.2) is 69.8 Å². The van der Waals surface area contributed by atoms with E-state index in [4.69, 9.17) is 16.3 Å². The number of fused-ring (bicyclic) bond motifs is 1. The Morgan fingerprint density at radius 3 is 2.59 bits per heavy atom. The van der Waals surface area contributed by atoms with Crippen LogP contribution in [-0.2, 0) is 19.1 Å². The molecule has 2 unspecified atom stereocenters. The lowest BCUT2D eigenvalue weighted by atomic mass is 9.65. The molecule has 2 N–H and O–H groups in total. The molecule has 0 radical (unpaired) electrons. The molecule has 1 aromatic rings. The fourth-order valence-electron chi connectivity index (χ4n) is 6.23. The van der Waals surface area contributed by atoms with E-state index in [0.717, 1.165) is 0 Å². The number of carbonyl (C=O) groups is 3. The fourth-order valence-corrected chi connectivity index (χ4v) is 6.35. The molecule has 8 nitrogen and oxygen atoms in total. The summed E-state index contributed by atoms with van der Waals surface area (Å²) in [7, 11) is 0. The number of amides is 2. The molecule has 3 aliphatic heterocycles. The molecule has 3 fully saturated rings. The number of aliphatic hydroxyl groups excluding tert-OH is 1. The number of carbonyl (C=O) groups excluding carboxylic acids is 2. The van der Waals surface area contributed by atoms with E-state index in [9.17, 15) is 24.6 Å². The quantitative estimate of drug-likeness (QED) is 0.386. The van der Waals surface area contributed by atoms with Crippen LogP contribution in [0.2, 0.25) is 5.02 Å². The summed E-state index contributed by atoms with van der Waals surface area (Å²) in [5.41, 5.74) is -1.55. The van der Waals surface area contributed by atoms with Crippen molar-refractivity contribution >= 4 is 35.1 Å². The minimum atomic E-state index is -1.20. The molecule has 9 heteroatoms. The zero-order chi connectivity index (χ0) is 24.7. The number of nitrogens with zero attached hydrogens (tertiary/aromatic N) is 2. The molecule has 2 bridgehead atoms. The summed E-state index contributed by atoms with van der Waals surface area (Å²) < 4.78 is 6.53. The number of rotatable bonds is 10. The molecular weight excluding hydrogens is 460 g/mol. The van der Waals surface area contributed by atoms with Crippen LogP contribution < -0.4 is 4.90 Å². The number of ether oxygens (including phenoxy) is 1. The maximum Gasteiger partial charge on any atom is 0.310 e. The Labute approximate surface area is 204 Å². The van der Waals surface area contributed by atoms with Gasteiger partial charge in [-0.2, -0.15) is 0 Å². The number of aliphatic carboxylic acids is 1. The molecular formula is C25H31ClN2O6. The number of aliphatic hydroxyl groups is 1. The van der Waals surface area contributed by atoms with Crippen molar-refractivity contribution in [3.8, 4) is 0 Å². The van der Waals surface area contributed by atoms with Crippen LogP contribution in [0, 0.1) is 11.8 Å². The zero-order valence-electron chi connectivity index (χ0n) is 19.3. The highest BCUT2D eigenvalue weighted by Crippen LogP contribution is 2.64. The van der Waals surface area contributed by atoms with Gasteiger partial charge in [0.25, 0.3) is 5.91 Å². The molecule has 2 amide bonds. The first-order valence-corrected chi connectivity index (χ1v) is 12.2. The summed E-state index contributed by atoms with van der Waals surface area (Å²) in [6.45, 7) is 6.07. The van der Waals surface area contributed by atoms with Gasteiger partial charge in [0.2, 0.25) is 5.91 Å². The second-order valence-corrected chi connectivity index (χ2v) is 9.78. The van der Waals surface area contributed by atoms with Crippen molar-refractivity contribution in [1.29, 1.82) is 0 Å². The minimum Gasteiger partial charge on any atom is -0.481 e. The van der Waals surface area contributed by atoms with E-state index in [2.05, 4.69) is 6.58 Å². The van der Waals surface area contributed by atoms with Crippen molar-refractivity contribution < 1.29 is 29.3 Å². The number of unbranched alkanes of at least 4 members (excludes halogenated alkanes) is 1. The van der Waals surface area contributed by atoms with E-state index in [1.54, 1.807) is 35.2 Å². The van der Waals surface area contributed by atoms with Crippen molar-refractivity contribution in [2.45, 2.75) is 56.3 Å². The van der Waals surface area contributed by atoms with Gasteiger partial charge in [-0.25, -0.2) is 0 Å². The van der Waals surface area contributed by atoms with Crippen molar-refractivity contribution in [1.82, 2.24) is 4.90 Å². The Morgan fingerprint density at radius 2 is 2.00 bits per heavy atom. The smallest absolute Gasteiger partial charge is 0.310 e. The van der Waals surface area contributed by atoms with Crippen molar-refractivity contribution in [2.75, 3.05) is 24.6 Å². The molecule has 5 atom stereocenters. The first-order chi connectivity index (χ1) is 16.3. The standard InChI is InChI=1S/C25H31ClN2O6/c1-3-13-27(17-9-7-16(26)8-10-17)22(31)20-25-12-11-24(4-2,34-25)19(23(32)33)18(25)21(30)28(20)14-5-6-15-29/h3,7-10,18-20,29H,1,4-6,11-15H2,2H3,(H,32,33)/t18-,19-,20?,24+,25?/m0/s1. The molecule has 1 spiro atoms. The maximum atomic E-state index is 14.2. The van der Waals surface area contributed by atoms with Gasteiger partial charge in [-0.3, -0.25) is 14.4 Å². The van der Waals surface area contributed by atoms with Crippen LogP contribution in [0.25, 0.3) is 0 Å². The average molecular weight is 491 g/mol. The summed E-state index contributed by atoms with van der Waals surface area (Å²) in [6, 6.07) is 5.87. The lowest BCUT2D eigenvalue weighted by Gasteiger charge is -2.37. The van der Waals surface area contributed by atoms with Gasteiger partial charge in [-0.15, -0.1) is 6.58 Å². The van der Waals surface area contributed by atoms with E-state index in [1.165, 1.54) is 4.90 Å². The molecule has 3 saturated heterocycles. The first kappa shape index (κ1) is 24.7. The number of hydrogen-bond acceptors (Lipinski definition) is 5. The Morgan fingerprint density at radius 1 is 1.29 bits per heavy atom. The van der Waals surface area contributed by atoms with Gasteiger partial charge < -0.3 is 24.7 Å². The van der Waals surface area contributed by atoms with E-state index in [-0.39, 0.29) is 31.5 Å². The maximum absolute atomic E-state index is 14.2. The third-order valence-electron chi connectivity index (χ3n) is 7.70. The largest absolute Gasteiger partial charge is 0.481 e. The third kappa shape index (κ3) is 3.63. The molecule has 1 aromatic carbocycles. The molecule has 4 rings (SSSR count). The molecule has 0 aromatic heterocycles. The summed E-state index contributed by atoms with van der Waals surface area (Å²) >= 11 is 6.04. The number of halogens is 1. The number of benzene rings is 1. The first-order valence-electron chi connectivity index (χ1n) is 11.8. The van der Waals surface area contributed by atoms with Gasteiger partial charge in [0.05, 0.1) is 11.5 Å². The number of carboxylic acid groups (broad SMARTS) is 1. The van der Waals surface area contributed by atoms with Crippen molar-refractivity contribution in [3.63, 3.8) is 0 Å². The monoisotopic (exact) mass is 490 g/mol. The number of likely N-dealkylation sites (tertiary alicyclic amines) is 1. The Kier molecular flexibility index (Phi) is 6.77. The highest BCUT2D eigenvalue weighted by Gasteiger charge is 2.79. The second kappa shape index (κ2) is 9.32. The summed E-state index contributed by atoms with van der Waals surface area (Å²) in [6.07, 6.45) is 3.95. The molecule has 3 aliphatic rings. The van der Waals surface area contributed by atoms with Crippen LogP contribution in [0.3, 0.4) is 0 Å². The highest BCUT2D eigenvalue weighted by molar-refractivity contribution is 6.30. The van der Waals surface area contributed by atoms with Gasteiger partial charge in [0.1, 0.15) is 17.6 Å². The minimum absolute atomic E-state index is 0.0320. The van der Waals surface area contributed by atoms with Gasteiger partial charge in [0, 0.05) is 30.4 Å². The summed E-state index contributed by atoms with van der Waals surface area (Å²) in [5, 5.41) is 19.9. The van der Waals surface area contributed by atoms with Gasteiger partial charge in [-0.1, -0.05) is 24.6 Å². The van der Waals surface area contributed by atoms with Crippen LogP contribution >= 0.6 is 11.6 Å². The zero-order valence-corrected chi connectivity index (χ0v) is 20.0. The second-order valence-electron chi connectivity index (χ2n) is 9.35. The molecule has 184 valence electrons. The number of hydrogen-bond donors (Lipinski definition) is 2.